The molecule has 0 unspecified atom stereocenters. The number of ketones is 2. The molecule has 1 aliphatic rings. The molecular weight excluding hydrogens is 420 g/mol. The summed E-state index contributed by atoms with van der Waals surface area (Å²) in [7, 11) is 0. The van der Waals surface area contributed by atoms with Gasteiger partial charge < -0.3 is 10.6 Å². The Morgan fingerprint density at radius 3 is 1.32 bits per heavy atom. The van der Waals surface area contributed by atoms with Gasteiger partial charge in [-0.1, -0.05) is 102 Å². The molecule has 1 aliphatic carbocycles. The molecule has 184 valence electrons. The summed E-state index contributed by atoms with van der Waals surface area (Å²) >= 11 is 0. The molecule has 2 N–H and O–H groups in total. The lowest BCUT2D eigenvalue weighted by Gasteiger charge is -2.24. The lowest BCUT2D eigenvalue weighted by molar-refractivity contribution is 0.0980. The largest absolute Gasteiger partial charge is 0.384 e. The van der Waals surface area contributed by atoms with Crippen LogP contribution in [0.2, 0.25) is 0 Å². The highest BCUT2D eigenvalue weighted by molar-refractivity contribution is 6.31. The number of fused-ring (bicyclic) bond motifs is 2. The van der Waals surface area contributed by atoms with Gasteiger partial charge in [-0.25, -0.2) is 0 Å². The van der Waals surface area contributed by atoms with Gasteiger partial charge in [-0.05, 0) is 25.0 Å². The third-order valence-corrected chi connectivity index (χ3v) is 6.77. The minimum atomic E-state index is -0.0566. The van der Waals surface area contributed by atoms with Crippen LogP contribution in [0.15, 0.2) is 36.4 Å². The Kier molecular flexibility index (Phi) is 10.7. The molecule has 0 radical (unpaired) electrons. The Morgan fingerprint density at radius 1 is 0.529 bits per heavy atom. The maximum absolute atomic E-state index is 13.5. The van der Waals surface area contributed by atoms with Gasteiger partial charge in [0.15, 0.2) is 11.6 Å². The van der Waals surface area contributed by atoms with Crippen molar-refractivity contribution in [3.05, 3.63) is 58.7 Å². The molecule has 4 nitrogen and oxygen atoms in total. The van der Waals surface area contributed by atoms with E-state index in [0.717, 1.165) is 37.3 Å². The zero-order chi connectivity index (χ0) is 24.2. The third kappa shape index (κ3) is 6.71. The Labute approximate surface area is 205 Å². The molecule has 0 saturated heterocycles. The summed E-state index contributed by atoms with van der Waals surface area (Å²) in [5.41, 5.74) is 3.64. The Morgan fingerprint density at radius 2 is 0.912 bits per heavy atom. The number of nitrogens with one attached hydrogen (secondary N) is 2. The molecular formula is C30H42N2O2. The summed E-state index contributed by atoms with van der Waals surface area (Å²) < 4.78 is 0. The van der Waals surface area contributed by atoms with Crippen LogP contribution in [-0.2, 0) is 0 Å². The number of unbranched alkanes of at least 4 members (excludes halogenated alkanes) is 10. The zero-order valence-corrected chi connectivity index (χ0v) is 21.2. The maximum Gasteiger partial charge on any atom is 0.196 e. The van der Waals surface area contributed by atoms with Crippen LogP contribution in [-0.4, -0.2) is 24.7 Å². The van der Waals surface area contributed by atoms with E-state index in [1.54, 1.807) is 12.1 Å². The van der Waals surface area contributed by atoms with Crippen molar-refractivity contribution >= 4 is 22.9 Å². The fourth-order valence-corrected chi connectivity index (χ4v) is 4.77. The molecule has 0 bridgehead atoms. The van der Waals surface area contributed by atoms with Crippen molar-refractivity contribution in [2.24, 2.45) is 0 Å². The molecule has 0 fully saturated rings. The van der Waals surface area contributed by atoms with Crippen molar-refractivity contribution in [1.82, 2.24) is 0 Å². The summed E-state index contributed by atoms with van der Waals surface area (Å²) in [5, 5.41) is 6.94. The lowest BCUT2D eigenvalue weighted by atomic mass is 9.82. The van der Waals surface area contributed by atoms with E-state index in [4.69, 9.17) is 0 Å². The van der Waals surface area contributed by atoms with Crippen LogP contribution >= 0.6 is 0 Å². The van der Waals surface area contributed by atoms with Crippen molar-refractivity contribution in [2.45, 2.75) is 90.9 Å². The van der Waals surface area contributed by atoms with Gasteiger partial charge in [0.05, 0.1) is 11.1 Å². The number of hydrogen-bond acceptors (Lipinski definition) is 4. The molecule has 0 aromatic heterocycles. The summed E-state index contributed by atoms with van der Waals surface area (Å²) in [6, 6.07) is 11.1. The normalized spacial score (nSPS) is 12.4. The molecule has 2 aromatic carbocycles. The number of hydrogen-bond donors (Lipinski definition) is 2. The van der Waals surface area contributed by atoms with E-state index in [2.05, 4.69) is 24.5 Å². The van der Waals surface area contributed by atoms with Gasteiger partial charge >= 0.3 is 0 Å². The van der Waals surface area contributed by atoms with Gasteiger partial charge in [0.25, 0.3) is 0 Å². The first kappa shape index (κ1) is 26.0. The lowest BCUT2D eigenvalue weighted by Crippen LogP contribution is -2.24. The minimum absolute atomic E-state index is 0.0566. The Hall–Kier alpha value is -2.62. The topological polar surface area (TPSA) is 58.2 Å². The van der Waals surface area contributed by atoms with Crippen molar-refractivity contribution in [3.8, 4) is 0 Å². The number of benzene rings is 2. The van der Waals surface area contributed by atoms with Crippen LogP contribution in [0.4, 0.5) is 11.4 Å². The van der Waals surface area contributed by atoms with Gasteiger partial charge in [-0.3, -0.25) is 9.59 Å². The van der Waals surface area contributed by atoms with E-state index in [9.17, 15) is 9.59 Å². The molecule has 0 saturated carbocycles. The van der Waals surface area contributed by atoms with E-state index >= 15 is 0 Å². The molecule has 4 heteroatoms. The summed E-state index contributed by atoms with van der Waals surface area (Å²) in [6.45, 7) is 6.08. The van der Waals surface area contributed by atoms with Crippen LogP contribution in [0, 0.1) is 0 Å². The summed E-state index contributed by atoms with van der Waals surface area (Å²) in [6.07, 6.45) is 14.7. The standard InChI is InChI=1S/C30H42N2O2/c1-3-5-7-9-11-15-21-31-25-19-20-26(32-22-16-12-10-8-6-4-2)28-27(25)29(33)23-17-13-14-18-24(23)30(28)34/h13-14,17-20,31-32H,3-12,15-16,21-22H2,1-2H3. The van der Waals surface area contributed by atoms with E-state index in [-0.39, 0.29) is 11.6 Å². The maximum atomic E-state index is 13.5. The molecule has 3 rings (SSSR count). The van der Waals surface area contributed by atoms with Gasteiger partial charge in [-0.2, -0.15) is 0 Å². The van der Waals surface area contributed by atoms with Gasteiger partial charge in [0.1, 0.15) is 0 Å². The molecule has 0 atom stereocenters. The zero-order valence-electron chi connectivity index (χ0n) is 21.2. The smallest absolute Gasteiger partial charge is 0.196 e. The molecule has 34 heavy (non-hydrogen) atoms. The predicted molar refractivity (Wildman–Crippen MR) is 143 cm³/mol. The number of carbonyl (C=O) groups excluding carboxylic acids is 2. The van der Waals surface area contributed by atoms with Crippen LogP contribution < -0.4 is 10.6 Å². The molecule has 0 spiro atoms. The molecule has 0 aliphatic heterocycles. The fraction of sp³-hybridized carbons (Fsp3) is 0.533. The third-order valence-electron chi connectivity index (χ3n) is 6.77. The van der Waals surface area contributed by atoms with Gasteiger partial charge in [0.2, 0.25) is 0 Å². The summed E-state index contributed by atoms with van der Waals surface area (Å²) in [4.78, 5) is 27.0. The quantitative estimate of drug-likeness (QED) is 0.212. The minimum Gasteiger partial charge on any atom is -0.384 e. The number of rotatable bonds is 16. The van der Waals surface area contributed by atoms with Crippen molar-refractivity contribution in [1.29, 1.82) is 0 Å². The van der Waals surface area contributed by atoms with Crippen LogP contribution in [0.3, 0.4) is 0 Å². The summed E-state index contributed by atoms with van der Waals surface area (Å²) in [5.74, 6) is -0.113. The Balaban J connectivity index is 1.72. The highest BCUT2D eigenvalue weighted by Gasteiger charge is 2.33. The average Bonchev–Trinajstić information content (AvgIpc) is 2.86. The Bertz CT molecular complexity index is 875. The first-order chi connectivity index (χ1) is 16.7. The van der Waals surface area contributed by atoms with E-state index < -0.39 is 0 Å². The molecule has 0 heterocycles. The second-order valence-electron chi connectivity index (χ2n) is 9.50. The first-order valence-electron chi connectivity index (χ1n) is 13.5. The highest BCUT2D eigenvalue weighted by Crippen LogP contribution is 2.36. The van der Waals surface area contributed by atoms with Gasteiger partial charge in [-0.15, -0.1) is 0 Å². The monoisotopic (exact) mass is 462 g/mol. The molecule has 2 aromatic rings. The average molecular weight is 463 g/mol. The van der Waals surface area contributed by atoms with Crippen LogP contribution in [0.25, 0.3) is 0 Å². The van der Waals surface area contributed by atoms with Crippen molar-refractivity contribution in [3.63, 3.8) is 0 Å². The fourth-order valence-electron chi connectivity index (χ4n) is 4.77. The number of anilines is 2. The SMILES string of the molecule is CCCCCCCCNc1ccc(NCCCCCCCC)c2c1C(=O)c1ccccc1C2=O. The van der Waals surface area contributed by atoms with Crippen molar-refractivity contribution in [2.75, 3.05) is 23.7 Å². The van der Waals surface area contributed by atoms with E-state index in [1.165, 1.54) is 64.2 Å². The van der Waals surface area contributed by atoms with Crippen LogP contribution in [0.5, 0.6) is 0 Å². The van der Waals surface area contributed by atoms with Crippen molar-refractivity contribution < 1.29 is 9.59 Å². The van der Waals surface area contributed by atoms with Crippen LogP contribution in [0.1, 0.15) is 123 Å². The second kappa shape index (κ2) is 13.9. The van der Waals surface area contributed by atoms with E-state index in [0.29, 0.717) is 22.3 Å². The first-order valence-corrected chi connectivity index (χ1v) is 13.5. The second-order valence-corrected chi connectivity index (χ2v) is 9.50. The predicted octanol–water partition coefficient (Wildman–Crippen LogP) is 8.01. The van der Waals surface area contributed by atoms with Gasteiger partial charge in [0, 0.05) is 35.6 Å². The van der Waals surface area contributed by atoms with E-state index in [1.807, 2.05) is 24.3 Å². The highest BCUT2D eigenvalue weighted by atomic mass is 16.1. The number of carbonyl (C=O) groups is 2. The molecule has 0 amide bonds.